The molecule has 1 aliphatic heterocycles. The van der Waals surface area contributed by atoms with E-state index in [1.807, 2.05) is 0 Å². The van der Waals surface area contributed by atoms with E-state index in [0.29, 0.717) is 0 Å². The normalized spacial score (nSPS) is 19.4. The van der Waals surface area contributed by atoms with Crippen LogP contribution in [0.3, 0.4) is 0 Å². The monoisotopic (exact) mass is 340 g/mol. The summed E-state index contributed by atoms with van der Waals surface area (Å²) in [6, 6.07) is 0. The number of esters is 1. The molecule has 22 heavy (non-hydrogen) atoms. The Hall–Kier alpha value is -1.61. The molecule has 0 bridgehead atoms. The first-order chi connectivity index (χ1) is 10.1. The van der Waals surface area contributed by atoms with Gasteiger partial charge in [0.1, 0.15) is 5.76 Å². The van der Waals surface area contributed by atoms with Gasteiger partial charge in [0.05, 0.1) is 12.1 Å². The van der Waals surface area contributed by atoms with Crippen molar-refractivity contribution in [1.82, 2.24) is 0 Å². The van der Waals surface area contributed by atoms with Gasteiger partial charge in [-0.05, 0) is 13.3 Å². The molecule has 0 fully saturated rings. The molecular weight excluding hydrogens is 323 g/mol. The summed E-state index contributed by atoms with van der Waals surface area (Å²) >= 11 is 0. The topological polar surface area (TPSA) is 160 Å². The van der Waals surface area contributed by atoms with Crippen LogP contribution < -0.4 is 0 Å². The van der Waals surface area contributed by atoms with Gasteiger partial charge in [0.25, 0.3) is 0 Å². The Morgan fingerprint density at radius 3 is 2.45 bits per heavy atom. The molecule has 0 radical (unpaired) electrons. The number of hydrogen-bond donors (Lipinski definition) is 4. The van der Waals surface area contributed by atoms with Crippen LogP contribution in [-0.2, 0) is 28.4 Å². The van der Waals surface area contributed by atoms with Crippen LogP contribution in [0.15, 0.2) is 11.5 Å². The van der Waals surface area contributed by atoms with Gasteiger partial charge in [-0.25, -0.2) is 0 Å². The van der Waals surface area contributed by atoms with Crippen LogP contribution in [0.1, 0.15) is 19.8 Å². The third-order valence-electron chi connectivity index (χ3n) is 2.78. The summed E-state index contributed by atoms with van der Waals surface area (Å²) in [7, 11) is -4.49. The molecule has 0 spiro atoms. The van der Waals surface area contributed by atoms with Crippen LogP contribution >= 0.6 is 7.60 Å². The average Bonchev–Trinajstić information content (AvgIpc) is 2.68. The highest BCUT2D eigenvalue weighted by Gasteiger charge is 2.28. The minimum absolute atomic E-state index is 0.130. The molecule has 11 heteroatoms. The molecule has 10 nitrogen and oxygen atoms in total. The average molecular weight is 340 g/mol. The zero-order valence-corrected chi connectivity index (χ0v) is 12.6. The number of carboxylic acids is 1. The van der Waals surface area contributed by atoms with Crippen LogP contribution in [-0.4, -0.2) is 51.2 Å². The minimum Gasteiger partial charge on any atom is -0.481 e. The maximum atomic E-state index is 11.5. The molecule has 0 aromatic carbocycles. The number of allylic oxidation sites excluding steroid dienone is 1. The number of aliphatic hydroxyl groups excluding tert-OH is 1. The van der Waals surface area contributed by atoms with Crippen LogP contribution in [0.25, 0.3) is 0 Å². The number of ether oxygens (including phenoxy) is 3. The van der Waals surface area contributed by atoms with Crippen molar-refractivity contribution in [2.75, 3.05) is 12.8 Å². The van der Waals surface area contributed by atoms with E-state index in [4.69, 9.17) is 34.2 Å². The molecule has 0 saturated heterocycles. The lowest BCUT2D eigenvalue weighted by Gasteiger charge is -2.12. The van der Waals surface area contributed by atoms with Gasteiger partial charge >= 0.3 is 26.0 Å². The van der Waals surface area contributed by atoms with Crippen molar-refractivity contribution in [3.05, 3.63) is 11.5 Å². The predicted molar refractivity (Wildman–Crippen MR) is 69.1 cm³/mol. The Morgan fingerprint density at radius 1 is 1.36 bits per heavy atom. The summed E-state index contributed by atoms with van der Waals surface area (Å²) in [6.45, 7) is -0.244. The minimum atomic E-state index is -4.49. The fourth-order valence-electron chi connectivity index (χ4n) is 1.67. The Morgan fingerprint density at radius 2 is 2.00 bits per heavy atom. The number of carboxylic acid groups (broad SMARTS) is 1. The first-order valence-electron chi connectivity index (χ1n) is 6.22. The van der Waals surface area contributed by atoms with Gasteiger partial charge in [-0.2, -0.15) is 0 Å². The second kappa shape index (κ2) is 7.59. The molecule has 0 amide bonds. The highest BCUT2D eigenvalue weighted by molar-refractivity contribution is 7.51. The lowest BCUT2D eigenvalue weighted by molar-refractivity contribution is -0.195. The Bertz CT molecular complexity index is 507. The van der Waals surface area contributed by atoms with Gasteiger partial charge in [-0.3, -0.25) is 14.2 Å². The van der Waals surface area contributed by atoms with E-state index in [-0.39, 0.29) is 31.0 Å². The highest BCUT2D eigenvalue weighted by atomic mass is 31.2. The molecule has 126 valence electrons. The van der Waals surface area contributed by atoms with Crippen LogP contribution in [0, 0.1) is 5.92 Å². The molecule has 0 saturated carbocycles. The fraction of sp³-hybridized carbons (Fsp3) is 0.636. The largest absolute Gasteiger partial charge is 0.481 e. The zero-order chi connectivity index (χ0) is 16.9. The van der Waals surface area contributed by atoms with E-state index in [1.54, 1.807) is 0 Å². The van der Waals surface area contributed by atoms with Crippen molar-refractivity contribution in [3.63, 3.8) is 0 Å². The lowest BCUT2D eigenvalue weighted by atomic mass is 10.1. The SMILES string of the molecule is CC1=C(COC(=O)CCC(CP(=O)(O)O)C(=O)O)OC(O)O1. The van der Waals surface area contributed by atoms with Crippen molar-refractivity contribution in [1.29, 1.82) is 0 Å². The molecular formula is C11H17O10P. The predicted octanol–water partition coefficient (Wildman–Crippen LogP) is -0.257. The second-order valence-electron chi connectivity index (χ2n) is 4.60. The smallest absolute Gasteiger partial charge is 0.358 e. The third kappa shape index (κ3) is 6.44. The summed E-state index contributed by atoms with van der Waals surface area (Å²) in [5.41, 5.74) is 0. The number of carbonyl (C=O) groups excluding carboxylic acids is 1. The van der Waals surface area contributed by atoms with Crippen molar-refractivity contribution in [2.24, 2.45) is 5.92 Å². The van der Waals surface area contributed by atoms with Gasteiger partial charge < -0.3 is 34.2 Å². The summed E-state index contributed by atoms with van der Waals surface area (Å²) in [4.78, 5) is 39.9. The van der Waals surface area contributed by atoms with E-state index in [9.17, 15) is 14.2 Å². The van der Waals surface area contributed by atoms with Crippen LogP contribution in [0.2, 0.25) is 0 Å². The number of aliphatic carboxylic acids is 1. The van der Waals surface area contributed by atoms with Crippen LogP contribution in [0.4, 0.5) is 0 Å². The standard InChI is InChI=1S/C11H17O10P/c1-6-8(21-11(15)20-6)4-19-9(12)3-2-7(10(13)14)5-22(16,17)18/h7,11,15H,2-5H2,1H3,(H,13,14)(H2,16,17,18). The number of carbonyl (C=O) groups is 2. The molecule has 4 N–H and O–H groups in total. The zero-order valence-electron chi connectivity index (χ0n) is 11.7. The van der Waals surface area contributed by atoms with Crippen molar-refractivity contribution in [3.8, 4) is 0 Å². The first kappa shape index (κ1) is 18.4. The fourth-order valence-corrected chi connectivity index (χ4v) is 2.58. The van der Waals surface area contributed by atoms with Crippen molar-refractivity contribution in [2.45, 2.75) is 26.2 Å². The van der Waals surface area contributed by atoms with Crippen molar-refractivity contribution >= 4 is 19.5 Å². The quantitative estimate of drug-likeness (QED) is 0.342. The number of rotatable bonds is 8. The van der Waals surface area contributed by atoms with Crippen molar-refractivity contribution < 1.29 is 48.4 Å². The molecule has 2 unspecified atom stereocenters. The number of aliphatic hydroxyl groups is 1. The molecule has 0 aliphatic carbocycles. The van der Waals surface area contributed by atoms with E-state index in [2.05, 4.69) is 0 Å². The highest BCUT2D eigenvalue weighted by Crippen LogP contribution is 2.38. The van der Waals surface area contributed by atoms with Gasteiger partial charge in [-0.15, -0.1) is 0 Å². The molecule has 1 rings (SSSR count). The van der Waals surface area contributed by atoms with E-state index in [0.717, 1.165) is 0 Å². The Balaban J connectivity index is 2.40. The molecule has 0 aromatic heterocycles. The lowest BCUT2D eigenvalue weighted by Crippen LogP contribution is -2.20. The summed E-state index contributed by atoms with van der Waals surface area (Å²) < 4.78 is 25.2. The van der Waals surface area contributed by atoms with Gasteiger partial charge in [-0.1, -0.05) is 0 Å². The van der Waals surface area contributed by atoms with Gasteiger partial charge in [0.15, 0.2) is 12.4 Å². The summed E-state index contributed by atoms with van der Waals surface area (Å²) in [5.74, 6) is -3.12. The summed E-state index contributed by atoms with van der Waals surface area (Å²) in [6.07, 6.45) is -1.44. The van der Waals surface area contributed by atoms with Crippen LogP contribution in [0.5, 0.6) is 0 Å². The van der Waals surface area contributed by atoms with E-state index in [1.165, 1.54) is 6.92 Å². The van der Waals surface area contributed by atoms with E-state index >= 15 is 0 Å². The second-order valence-corrected chi connectivity index (χ2v) is 6.30. The maximum absolute atomic E-state index is 11.5. The molecule has 0 aromatic rings. The molecule has 1 heterocycles. The van der Waals surface area contributed by atoms with Gasteiger partial charge in [0, 0.05) is 6.42 Å². The summed E-state index contributed by atoms with van der Waals surface area (Å²) in [5, 5.41) is 17.9. The van der Waals surface area contributed by atoms with Gasteiger partial charge in [0.2, 0.25) is 0 Å². The number of hydrogen-bond acceptors (Lipinski definition) is 7. The maximum Gasteiger partial charge on any atom is 0.358 e. The molecule has 1 aliphatic rings. The molecule has 2 atom stereocenters. The third-order valence-corrected chi connectivity index (χ3v) is 3.70. The van der Waals surface area contributed by atoms with E-state index < -0.39 is 38.1 Å². The Labute approximate surface area is 125 Å². The first-order valence-corrected chi connectivity index (χ1v) is 8.02. The Kier molecular flexibility index (Phi) is 6.36.